The highest BCUT2D eigenvalue weighted by Gasteiger charge is 2.26. The summed E-state index contributed by atoms with van der Waals surface area (Å²) in [5, 5.41) is 0. The van der Waals surface area contributed by atoms with Crippen LogP contribution in [0.2, 0.25) is 0 Å². The van der Waals surface area contributed by atoms with Gasteiger partial charge in [0.25, 0.3) is 0 Å². The molecule has 0 radical (unpaired) electrons. The molecule has 2 unspecified atom stereocenters. The van der Waals surface area contributed by atoms with Crippen molar-refractivity contribution in [2.45, 2.75) is 232 Å². The first-order valence-corrected chi connectivity index (χ1v) is 24.8. The fraction of sp³-hybridized carbons (Fsp3) is 0.978. The largest absolute Gasteiger partial charge is 0.472 e. The van der Waals surface area contributed by atoms with Gasteiger partial charge < -0.3 is 18.9 Å². The predicted octanol–water partition coefficient (Wildman–Crippen LogP) is 13.7. The number of esters is 1. The lowest BCUT2D eigenvalue weighted by Gasteiger charge is -2.24. The van der Waals surface area contributed by atoms with Gasteiger partial charge in [0.1, 0.15) is 19.3 Å². The van der Waals surface area contributed by atoms with E-state index in [2.05, 4.69) is 13.8 Å². The molecule has 0 aromatic carbocycles. The number of hydrogen-bond acceptors (Lipinski definition) is 6. The third-order valence-corrected chi connectivity index (χ3v) is 11.4. The van der Waals surface area contributed by atoms with Crippen molar-refractivity contribution in [2.75, 3.05) is 54.1 Å². The van der Waals surface area contributed by atoms with E-state index in [4.69, 9.17) is 18.5 Å². The molecule has 54 heavy (non-hydrogen) atoms. The van der Waals surface area contributed by atoms with Crippen molar-refractivity contribution in [1.29, 1.82) is 0 Å². The Labute approximate surface area is 336 Å². The minimum absolute atomic E-state index is 0.0939. The third kappa shape index (κ3) is 42.6. The Morgan fingerprint density at radius 3 is 1.22 bits per heavy atom. The van der Waals surface area contributed by atoms with Gasteiger partial charge in [-0.15, -0.1) is 0 Å². The molecule has 0 heterocycles. The highest BCUT2D eigenvalue weighted by atomic mass is 31.2. The Bertz CT molecular complexity index is 837. The van der Waals surface area contributed by atoms with Crippen LogP contribution in [-0.4, -0.2) is 75.6 Å². The van der Waals surface area contributed by atoms with Gasteiger partial charge in [-0.1, -0.05) is 206 Å². The summed E-state index contributed by atoms with van der Waals surface area (Å²) in [5.41, 5.74) is 0. The second-order valence-electron chi connectivity index (χ2n) is 17.2. The number of carbonyl (C=O) groups is 1. The number of likely N-dealkylation sites (N-methyl/N-ethyl adjacent to an activating group) is 1. The van der Waals surface area contributed by atoms with Gasteiger partial charge in [-0.05, 0) is 12.8 Å². The fourth-order valence-electron chi connectivity index (χ4n) is 6.79. The molecular formula is C45H93NO7P+. The monoisotopic (exact) mass is 791 g/mol. The lowest BCUT2D eigenvalue weighted by molar-refractivity contribution is -0.870. The van der Waals surface area contributed by atoms with E-state index < -0.39 is 13.9 Å². The molecule has 8 nitrogen and oxygen atoms in total. The Kier molecular flexibility index (Phi) is 39.0. The average Bonchev–Trinajstić information content (AvgIpc) is 3.12. The van der Waals surface area contributed by atoms with Crippen LogP contribution in [0.25, 0.3) is 0 Å². The molecule has 0 spiro atoms. The van der Waals surface area contributed by atoms with E-state index in [1.807, 2.05) is 21.1 Å². The molecule has 0 rings (SSSR count). The fourth-order valence-corrected chi connectivity index (χ4v) is 7.53. The number of quaternary nitrogens is 1. The molecule has 324 valence electrons. The minimum Gasteiger partial charge on any atom is -0.457 e. The number of carbonyl (C=O) groups excluding carboxylic acids is 1. The van der Waals surface area contributed by atoms with E-state index in [9.17, 15) is 14.3 Å². The van der Waals surface area contributed by atoms with Crippen molar-refractivity contribution in [3.05, 3.63) is 0 Å². The Hall–Kier alpha value is -0.500. The summed E-state index contributed by atoms with van der Waals surface area (Å²) in [5.74, 6) is -0.309. The summed E-state index contributed by atoms with van der Waals surface area (Å²) >= 11 is 0. The molecule has 2 atom stereocenters. The summed E-state index contributed by atoms with van der Waals surface area (Å²) in [6.45, 7) is 5.68. The summed E-state index contributed by atoms with van der Waals surface area (Å²) in [6, 6.07) is 0. The smallest absolute Gasteiger partial charge is 0.457 e. The second-order valence-corrected chi connectivity index (χ2v) is 18.6. The number of ether oxygens (including phenoxy) is 2. The summed E-state index contributed by atoms with van der Waals surface area (Å²) in [4.78, 5) is 22.9. The molecule has 0 aromatic rings. The molecule has 0 saturated heterocycles. The highest BCUT2D eigenvalue weighted by molar-refractivity contribution is 7.47. The van der Waals surface area contributed by atoms with Crippen LogP contribution in [-0.2, 0) is 27.9 Å². The number of unbranched alkanes of at least 4 members (excludes halogenated alkanes) is 30. The molecular weight excluding hydrogens is 697 g/mol. The van der Waals surface area contributed by atoms with E-state index in [1.165, 1.54) is 173 Å². The minimum atomic E-state index is -4.26. The standard InChI is InChI=1S/C45H92NO7P/c1-6-8-10-12-14-16-18-20-21-22-23-24-25-26-27-29-31-33-35-37-40-50-42-44(43-52-54(48,49)51-41-39-46(3,4)5)53-45(47)38-36-34-32-30-28-19-17-15-13-11-9-7-2/h44H,6-43H2,1-5H3/p+1. The first kappa shape index (κ1) is 53.5. The van der Waals surface area contributed by atoms with Crippen LogP contribution in [0.5, 0.6) is 0 Å². The molecule has 0 saturated carbocycles. The molecule has 0 fully saturated rings. The average molecular weight is 791 g/mol. The van der Waals surface area contributed by atoms with Crippen molar-refractivity contribution in [2.24, 2.45) is 0 Å². The van der Waals surface area contributed by atoms with Crippen molar-refractivity contribution in [1.82, 2.24) is 0 Å². The molecule has 0 amide bonds. The Morgan fingerprint density at radius 2 is 0.852 bits per heavy atom. The van der Waals surface area contributed by atoms with Gasteiger partial charge in [-0.25, -0.2) is 4.57 Å². The molecule has 0 aliphatic carbocycles. The van der Waals surface area contributed by atoms with E-state index in [-0.39, 0.29) is 25.8 Å². The number of nitrogens with zero attached hydrogens (tertiary/aromatic N) is 1. The molecule has 0 bridgehead atoms. The van der Waals surface area contributed by atoms with Crippen LogP contribution in [0, 0.1) is 0 Å². The summed E-state index contributed by atoms with van der Waals surface area (Å²) in [7, 11) is 1.69. The van der Waals surface area contributed by atoms with Crippen molar-refractivity contribution >= 4 is 13.8 Å². The van der Waals surface area contributed by atoms with E-state index >= 15 is 0 Å². The molecule has 0 aliphatic rings. The number of rotatable bonds is 44. The van der Waals surface area contributed by atoms with Crippen LogP contribution in [0.3, 0.4) is 0 Å². The molecule has 9 heteroatoms. The third-order valence-electron chi connectivity index (χ3n) is 10.4. The zero-order valence-electron chi connectivity index (χ0n) is 36.7. The zero-order chi connectivity index (χ0) is 39.9. The Balaban J connectivity index is 4.09. The Morgan fingerprint density at radius 1 is 0.500 bits per heavy atom. The molecule has 0 aliphatic heterocycles. The lowest BCUT2D eigenvalue weighted by Crippen LogP contribution is -2.37. The first-order valence-electron chi connectivity index (χ1n) is 23.3. The van der Waals surface area contributed by atoms with Crippen LogP contribution in [0.15, 0.2) is 0 Å². The van der Waals surface area contributed by atoms with Gasteiger partial charge in [0.15, 0.2) is 0 Å². The van der Waals surface area contributed by atoms with Gasteiger partial charge in [0, 0.05) is 13.0 Å². The quantitative estimate of drug-likeness (QED) is 0.0284. The highest BCUT2D eigenvalue weighted by Crippen LogP contribution is 2.43. The maximum absolute atomic E-state index is 12.7. The molecule has 0 aromatic heterocycles. The van der Waals surface area contributed by atoms with Gasteiger partial charge in [0.2, 0.25) is 0 Å². The van der Waals surface area contributed by atoms with Gasteiger partial charge in [-0.2, -0.15) is 0 Å². The summed E-state index contributed by atoms with van der Waals surface area (Å²) in [6.07, 6.45) is 41.4. The maximum Gasteiger partial charge on any atom is 0.472 e. The number of phosphoric ester groups is 1. The van der Waals surface area contributed by atoms with Crippen LogP contribution < -0.4 is 0 Å². The van der Waals surface area contributed by atoms with Gasteiger partial charge in [-0.3, -0.25) is 13.8 Å². The van der Waals surface area contributed by atoms with Gasteiger partial charge >= 0.3 is 13.8 Å². The topological polar surface area (TPSA) is 91.3 Å². The predicted molar refractivity (Wildman–Crippen MR) is 229 cm³/mol. The second kappa shape index (κ2) is 39.3. The van der Waals surface area contributed by atoms with Crippen LogP contribution in [0.1, 0.15) is 226 Å². The lowest BCUT2D eigenvalue weighted by atomic mass is 10.0. The van der Waals surface area contributed by atoms with E-state index in [1.54, 1.807) is 0 Å². The maximum atomic E-state index is 12.7. The first-order chi connectivity index (χ1) is 26.1. The zero-order valence-corrected chi connectivity index (χ0v) is 37.6. The van der Waals surface area contributed by atoms with Crippen molar-refractivity contribution in [3.63, 3.8) is 0 Å². The van der Waals surface area contributed by atoms with Crippen molar-refractivity contribution in [3.8, 4) is 0 Å². The normalized spacial score (nSPS) is 13.7. The SMILES string of the molecule is CCCCCCCCCCCCCCCCCCCCCCOCC(COP(=O)(O)OCC[N+](C)(C)C)OC(=O)CCCCCCCCCCCCCC. The van der Waals surface area contributed by atoms with E-state index in [0.29, 0.717) is 24.1 Å². The molecule has 1 N–H and O–H groups in total. The number of phosphoric acid groups is 1. The van der Waals surface area contributed by atoms with Gasteiger partial charge in [0.05, 0.1) is 34.4 Å². The van der Waals surface area contributed by atoms with Crippen LogP contribution in [0.4, 0.5) is 0 Å². The van der Waals surface area contributed by atoms with E-state index in [0.717, 1.165) is 32.1 Å². The van der Waals surface area contributed by atoms with Crippen molar-refractivity contribution < 1.29 is 37.3 Å². The number of hydrogen-bond donors (Lipinski definition) is 1. The summed E-state index contributed by atoms with van der Waals surface area (Å²) < 4.78 is 35.0. The van der Waals surface area contributed by atoms with Crippen LogP contribution >= 0.6 is 7.82 Å².